The van der Waals surface area contributed by atoms with Crippen molar-refractivity contribution < 1.29 is 10.2 Å². The monoisotopic (exact) mass is 434 g/mol. The number of aliphatic hydroxyl groups is 2. The second-order valence-electron chi connectivity index (χ2n) is 9.48. The van der Waals surface area contributed by atoms with Gasteiger partial charge in [-0.3, -0.25) is 0 Å². The van der Waals surface area contributed by atoms with Gasteiger partial charge in [-0.15, -0.1) is 0 Å². The molecular formula is C30H42O2. The van der Waals surface area contributed by atoms with Crippen molar-refractivity contribution in [2.24, 2.45) is 5.41 Å². The zero-order valence-electron chi connectivity index (χ0n) is 21.0. The Labute approximate surface area is 196 Å². The van der Waals surface area contributed by atoms with Gasteiger partial charge in [0.25, 0.3) is 0 Å². The van der Waals surface area contributed by atoms with Gasteiger partial charge >= 0.3 is 0 Å². The third kappa shape index (κ3) is 10.7. The van der Waals surface area contributed by atoms with Crippen LogP contribution in [0.1, 0.15) is 61.3 Å². The summed E-state index contributed by atoms with van der Waals surface area (Å²) in [6.07, 6.45) is 26.2. The Balaban J connectivity index is 2.67. The summed E-state index contributed by atoms with van der Waals surface area (Å²) in [5, 5.41) is 19.0. The Kier molecular flexibility index (Phi) is 12.0. The van der Waals surface area contributed by atoms with Crippen molar-refractivity contribution in [1.29, 1.82) is 0 Å². The van der Waals surface area contributed by atoms with Gasteiger partial charge in [-0.25, -0.2) is 0 Å². The van der Waals surface area contributed by atoms with Gasteiger partial charge < -0.3 is 10.2 Å². The summed E-state index contributed by atoms with van der Waals surface area (Å²) in [5.41, 5.74) is 7.11. The van der Waals surface area contributed by atoms with E-state index in [1.54, 1.807) is 0 Å². The van der Waals surface area contributed by atoms with Crippen molar-refractivity contribution in [3.8, 4) is 0 Å². The lowest BCUT2D eigenvalue weighted by atomic mass is 9.71. The van der Waals surface area contributed by atoms with Crippen LogP contribution in [0.4, 0.5) is 0 Å². The molecule has 174 valence electrons. The van der Waals surface area contributed by atoms with E-state index in [4.69, 9.17) is 5.11 Å². The molecule has 0 aromatic carbocycles. The van der Waals surface area contributed by atoms with Crippen LogP contribution in [0.2, 0.25) is 0 Å². The maximum atomic E-state index is 10.0. The molecule has 0 saturated carbocycles. The first-order valence-electron chi connectivity index (χ1n) is 11.4. The van der Waals surface area contributed by atoms with Gasteiger partial charge in [-0.2, -0.15) is 0 Å². The van der Waals surface area contributed by atoms with Crippen molar-refractivity contribution in [3.05, 3.63) is 106 Å². The molecule has 0 unspecified atom stereocenters. The summed E-state index contributed by atoms with van der Waals surface area (Å²) in [4.78, 5) is 0. The molecule has 1 aliphatic rings. The van der Waals surface area contributed by atoms with E-state index in [0.29, 0.717) is 0 Å². The lowest BCUT2D eigenvalue weighted by molar-refractivity contribution is 0.116. The summed E-state index contributed by atoms with van der Waals surface area (Å²) < 4.78 is 0. The smallest absolute Gasteiger partial charge is 0.0642 e. The molecule has 0 spiro atoms. The molecule has 0 aromatic rings. The normalized spacial score (nSPS) is 21.8. The predicted molar refractivity (Wildman–Crippen MR) is 140 cm³/mol. The topological polar surface area (TPSA) is 40.5 Å². The minimum atomic E-state index is -0.223. The third-order valence-electron chi connectivity index (χ3n) is 5.53. The number of hydrogen-bond donors (Lipinski definition) is 2. The molecule has 1 atom stereocenters. The quantitative estimate of drug-likeness (QED) is 0.369. The van der Waals surface area contributed by atoms with E-state index >= 15 is 0 Å². The van der Waals surface area contributed by atoms with Crippen molar-refractivity contribution in [3.63, 3.8) is 0 Å². The molecular weight excluding hydrogens is 392 g/mol. The Morgan fingerprint density at radius 1 is 0.844 bits per heavy atom. The maximum absolute atomic E-state index is 10.0. The van der Waals surface area contributed by atoms with Crippen molar-refractivity contribution in [2.45, 2.75) is 67.4 Å². The SMILES string of the molecule is CC1=C(/C=C/C(C)=C/C=C/C(C)=C/C=C/C=C(C)/C=C/C=C(\C)CO)C(C)(C)C[C@H](O)C1. The van der Waals surface area contributed by atoms with E-state index in [0.717, 1.165) is 24.0 Å². The van der Waals surface area contributed by atoms with Gasteiger partial charge in [0, 0.05) is 0 Å². The minimum absolute atomic E-state index is 0.0116. The highest BCUT2D eigenvalue weighted by atomic mass is 16.3. The second-order valence-corrected chi connectivity index (χ2v) is 9.48. The van der Waals surface area contributed by atoms with E-state index in [-0.39, 0.29) is 18.1 Å². The molecule has 0 heterocycles. The van der Waals surface area contributed by atoms with Gasteiger partial charge in [0.15, 0.2) is 0 Å². The number of hydrogen-bond acceptors (Lipinski definition) is 2. The maximum Gasteiger partial charge on any atom is 0.0642 e. The van der Waals surface area contributed by atoms with Crippen LogP contribution in [-0.2, 0) is 0 Å². The van der Waals surface area contributed by atoms with Crippen LogP contribution in [0.3, 0.4) is 0 Å². The summed E-state index contributed by atoms with van der Waals surface area (Å²) in [6.45, 7) is 14.8. The van der Waals surface area contributed by atoms with Crippen LogP contribution in [0, 0.1) is 5.41 Å². The van der Waals surface area contributed by atoms with Crippen LogP contribution in [0.15, 0.2) is 106 Å². The van der Waals surface area contributed by atoms with E-state index < -0.39 is 0 Å². The molecule has 0 fully saturated rings. The molecule has 0 aliphatic heterocycles. The number of aliphatic hydroxyl groups excluding tert-OH is 2. The molecule has 2 nitrogen and oxygen atoms in total. The molecule has 1 aliphatic carbocycles. The Hall–Kier alpha value is -2.42. The highest BCUT2D eigenvalue weighted by Crippen LogP contribution is 2.41. The standard InChI is InChI=1S/C30H42O2/c1-23(12-8-9-13-24(2)15-11-17-26(4)22-31)14-10-16-25(3)18-19-29-27(5)20-28(32)21-30(29,6)7/h8-19,28,31-32H,20-22H2,1-7H3/b9-8+,14-10+,15-11+,19-18+,23-12+,24-13+,25-16+,26-17+/t28-/m1/s1. The molecule has 0 amide bonds. The number of rotatable bonds is 9. The minimum Gasteiger partial charge on any atom is -0.393 e. The molecule has 0 aromatic heterocycles. The number of allylic oxidation sites excluding steroid dienone is 16. The molecule has 0 radical (unpaired) electrons. The van der Waals surface area contributed by atoms with Crippen molar-refractivity contribution >= 4 is 0 Å². The molecule has 0 bridgehead atoms. The van der Waals surface area contributed by atoms with E-state index in [1.165, 1.54) is 22.3 Å². The van der Waals surface area contributed by atoms with Gasteiger partial charge in [-0.1, -0.05) is 109 Å². The van der Waals surface area contributed by atoms with E-state index in [2.05, 4.69) is 84.1 Å². The summed E-state index contributed by atoms with van der Waals surface area (Å²) in [6, 6.07) is 0. The second kappa shape index (κ2) is 13.9. The average molecular weight is 435 g/mol. The van der Waals surface area contributed by atoms with E-state index in [9.17, 15) is 5.11 Å². The van der Waals surface area contributed by atoms with Crippen LogP contribution in [0.5, 0.6) is 0 Å². The first kappa shape index (κ1) is 27.6. The summed E-state index contributed by atoms with van der Waals surface area (Å²) in [7, 11) is 0. The molecule has 1 rings (SSSR count). The average Bonchev–Trinajstić information content (AvgIpc) is 2.69. The Bertz CT molecular complexity index is 893. The third-order valence-corrected chi connectivity index (χ3v) is 5.53. The summed E-state index contributed by atoms with van der Waals surface area (Å²) in [5.74, 6) is 0. The van der Waals surface area contributed by atoms with Crippen LogP contribution < -0.4 is 0 Å². The highest BCUT2D eigenvalue weighted by Gasteiger charge is 2.31. The summed E-state index contributed by atoms with van der Waals surface area (Å²) >= 11 is 0. The van der Waals surface area contributed by atoms with Crippen LogP contribution >= 0.6 is 0 Å². The molecule has 32 heavy (non-hydrogen) atoms. The van der Waals surface area contributed by atoms with Gasteiger partial charge in [0.05, 0.1) is 12.7 Å². The fraction of sp³-hybridized carbons (Fsp3) is 0.400. The molecule has 2 heteroatoms. The van der Waals surface area contributed by atoms with Gasteiger partial charge in [0.1, 0.15) is 0 Å². The fourth-order valence-electron chi connectivity index (χ4n) is 3.74. The van der Waals surface area contributed by atoms with Crippen LogP contribution in [0.25, 0.3) is 0 Å². The zero-order valence-corrected chi connectivity index (χ0v) is 21.0. The van der Waals surface area contributed by atoms with Crippen LogP contribution in [-0.4, -0.2) is 22.9 Å². The Morgan fingerprint density at radius 3 is 1.88 bits per heavy atom. The first-order chi connectivity index (χ1) is 15.0. The zero-order chi connectivity index (χ0) is 24.1. The first-order valence-corrected chi connectivity index (χ1v) is 11.4. The fourth-order valence-corrected chi connectivity index (χ4v) is 3.74. The lowest BCUT2D eigenvalue weighted by Gasteiger charge is -2.35. The van der Waals surface area contributed by atoms with Crippen molar-refractivity contribution in [2.75, 3.05) is 6.61 Å². The Morgan fingerprint density at radius 2 is 1.34 bits per heavy atom. The van der Waals surface area contributed by atoms with E-state index in [1.807, 2.05) is 37.3 Å². The van der Waals surface area contributed by atoms with Gasteiger partial charge in [0.2, 0.25) is 0 Å². The van der Waals surface area contributed by atoms with Gasteiger partial charge in [-0.05, 0) is 64.0 Å². The molecule has 0 saturated heterocycles. The lowest BCUT2D eigenvalue weighted by Crippen LogP contribution is -2.28. The molecule has 2 N–H and O–H groups in total. The highest BCUT2D eigenvalue weighted by molar-refractivity contribution is 5.38. The van der Waals surface area contributed by atoms with Crippen molar-refractivity contribution in [1.82, 2.24) is 0 Å². The predicted octanol–water partition coefficient (Wildman–Crippen LogP) is 7.49. The largest absolute Gasteiger partial charge is 0.393 e.